The van der Waals surface area contributed by atoms with Gasteiger partial charge in [0.25, 0.3) is 5.91 Å². The van der Waals surface area contributed by atoms with Crippen LogP contribution in [0.1, 0.15) is 20.3 Å². The molecule has 0 saturated heterocycles. The van der Waals surface area contributed by atoms with Gasteiger partial charge in [-0.1, -0.05) is 13.0 Å². The first kappa shape index (κ1) is 9.51. The van der Waals surface area contributed by atoms with Crippen LogP contribution in [-0.4, -0.2) is 16.1 Å². The van der Waals surface area contributed by atoms with Crippen molar-refractivity contribution in [3.05, 3.63) is 24.0 Å². The quantitative estimate of drug-likeness (QED) is 0.694. The van der Waals surface area contributed by atoms with Crippen molar-refractivity contribution in [2.75, 3.05) is 5.32 Å². The Morgan fingerprint density at radius 2 is 2.54 bits per heavy atom. The molecule has 0 aliphatic carbocycles. The number of carbonyl (C=O) groups is 1. The zero-order valence-electron chi connectivity index (χ0n) is 7.79. The maximum absolute atomic E-state index is 11.5. The molecule has 1 aromatic heterocycles. The van der Waals surface area contributed by atoms with E-state index >= 15 is 0 Å². The number of carbonyl (C=O) groups excluding carboxylic acids is 1. The Labute approximate surface area is 77.0 Å². The molecular weight excluding hydrogens is 166 g/mol. The number of allylic oxidation sites excluding steroid dienone is 1. The normalized spacial score (nSPS) is 11.4. The van der Waals surface area contributed by atoms with Gasteiger partial charge in [0.15, 0.2) is 0 Å². The molecule has 4 nitrogen and oxygen atoms in total. The minimum Gasteiger partial charge on any atom is -0.320 e. The molecule has 1 rings (SSSR count). The molecule has 0 fully saturated rings. The van der Waals surface area contributed by atoms with Gasteiger partial charge < -0.3 is 5.32 Å². The summed E-state index contributed by atoms with van der Waals surface area (Å²) in [4.78, 5) is 11.5. The molecule has 0 aliphatic heterocycles. The van der Waals surface area contributed by atoms with Crippen LogP contribution in [0.4, 0.5) is 5.69 Å². The molecule has 0 saturated carbocycles. The molecule has 2 N–H and O–H groups in total. The predicted octanol–water partition coefficient (Wildman–Crippen LogP) is 1.70. The number of nitrogens with one attached hydrogen (secondary N) is 2. The second-order valence-corrected chi connectivity index (χ2v) is 2.61. The predicted molar refractivity (Wildman–Crippen MR) is 51.3 cm³/mol. The lowest BCUT2D eigenvalue weighted by molar-refractivity contribution is -0.113. The van der Waals surface area contributed by atoms with E-state index in [0.29, 0.717) is 5.69 Å². The van der Waals surface area contributed by atoms with Gasteiger partial charge in [-0.3, -0.25) is 9.89 Å². The lowest BCUT2D eigenvalue weighted by Crippen LogP contribution is -2.13. The maximum Gasteiger partial charge on any atom is 0.251 e. The molecule has 0 bridgehead atoms. The van der Waals surface area contributed by atoms with Crippen molar-refractivity contribution in [1.82, 2.24) is 10.2 Å². The molecule has 1 heterocycles. The summed E-state index contributed by atoms with van der Waals surface area (Å²) >= 11 is 0. The fraction of sp³-hybridized carbons (Fsp3) is 0.333. The van der Waals surface area contributed by atoms with Crippen molar-refractivity contribution in [1.29, 1.82) is 0 Å². The van der Waals surface area contributed by atoms with Crippen molar-refractivity contribution >= 4 is 11.6 Å². The molecule has 13 heavy (non-hydrogen) atoms. The topological polar surface area (TPSA) is 57.8 Å². The first-order valence-corrected chi connectivity index (χ1v) is 4.23. The van der Waals surface area contributed by atoms with Crippen LogP contribution in [-0.2, 0) is 4.79 Å². The van der Waals surface area contributed by atoms with Crippen molar-refractivity contribution in [2.24, 2.45) is 0 Å². The van der Waals surface area contributed by atoms with E-state index in [4.69, 9.17) is 0 Å². The van der Waals surface area contributed by atoms with Gasteiger partial charge >= 0.3 is 0 Å². The molecule has 0 aromatic carbocycles. The zero-order chi connectivity index (χ0) is 9.68. The molecular formula is C9H13N3O. The third-order valence-electron chi connectivity index (χ3n) is 1.78. The minimum atomic E-state index is -0.0635. The number of anilines is 1. The Balaban J connectivity index is 2.60. The standard InChI is InChI=1S/C9H13N3O/c1-3-7(4-2)9(13)12-8-5-10-11-6-8/h3,5-6H,4H2,1-2H3,(H,10,11)(H,12,13)/b7-3+. The van der Waals surface area contributed by atoms with Gasteiger partial charge in [-0.2, -0.15) is 5.10 Å². The first-order valence-electron chi connectivity index (χ1n) is 4.23. The van der Waals surface area contributed by atoms with Gasteiger partial charge in [0.2, 0.25) is 0 Å². The van der Waals surface area contributed by atoms with E-state index in [9.17, 15) is 4.79 Å². The van der Waals surface area contributed by atoms with Crippen molar-refractivity contribution in [3.63, 3.8) is 0 Å². The molecule has 0 atom stereocenters. The van der Waals surface area contributed by atoms with Crippen LogP contribution in [0.15, 0.2) is 24.0 Å². The summed E-state index contributed by atoms with van der Waals surface area (Å²) in [6, 6.07) is 0. The van der Waals surface area contributed by atoms with Crippen molar-refractivity contribution in [3.8, 4) is 0 Å². The highest BCUT2D eigenvalue weighted by atomic mass is 16.1. The number of amides is 1. The van der Waals surface area contributed by atoms with Crippen LogP contribution in [0.25, 0.3) is 0 Å². The second-order valence-electron chi connectivity index (χ2n) is 2.61. The zero-order valence-corrected chi connectivity index (χ0v) is 7.79. The SMILES string of the molecule is C/C=C(\CC)C(=O)Nc1cn[nH]c1. The van der Waals surface area contributed by atoms with Gasteiger partial charge in [-0.25, -0.2) is 0 Å². The largest absolute Gasteiger partial charge is 0.320 e. The molecule has 70 valence electrons. The van der Waals surface area contributed by atoms with E-state index in [-0.39, 0.29) is 5.91 Å². The number of H-pyrrole nitrogens is 1. The Morgan fingerprint density at radius 3 is 3.00 bits per heavy atom. The molecule has 0 radical (unpaired) electrons. The summed E-state index contributed by atoms with van der Waals surface area (Å²) in [6.07, 6.45) is 5.76. The molecule has 1 aromatic rings. The Morgan fingerprint density at radius 1 is 1.77 bits per heavy atom. The lowest BCUT2D eigenvalue weighted by Gasteiger charge is -2.03. The highest BCUT2D eigenvalue weighted by molar-refractivity contribution is 6.03. The average Bonchev–Trinajstić information content (AvgIpc) is 2.59. The van der Waals surface area contributed by atoms with Crippen LogP contribution in [0.5, 0.6) is 0 Å². The van der Waals surface area contributed by atoms with Gasteiger partial charge in [0.1, 0.15) is 0 Å². The number of nitrogens with zero attached hydrogens (tertiary/aromatic N) is 1. The minimum absolute atomic E-state index is 0.0635. The van der Waals surface area contributed by atoms with Crippen molar-refractivity contribution < 1.29 is 4.79 Å². The van der Waals surface area contributed by atoms with Crippen LogP contribution in [0.2, 0.25) is 0 Å². The fourth-order valence-corrected chi connectivity index (χ4v) is 1.03. The Hall–Kier alpha value is -1.58. The smallest absolute Gasteiger partial charge is 0.251 e. The summed E-state index contributed by atoms with van der Waals surface area (Å²) in [5, 5.41) is 9.08. The van der Waals surface area contributed by atoms with E-state index in [0.717, 1.165) is 12.0 Å². The van der Waals surface area contributed by atoms with E-state index < -0.39 is 0 Å². The summed E-state index contributed by atoms with van der Waals surface area (Å²) in [5.74, 6) is -0.0635. The highest BCUT2D eigenvalue weighted by Gasteiger charge is 2.06. The Bertz CT molecular complexity index is 301. The third-order valence-corrected chi connectivity index (χ3v) is 1.78. The van der Waals surface area contributed by atoms with Crippen molar-refractivity contribution in [2.45, 2.75) is 20.3 Å². The summed E-state index contributed by atoms with van der Waals surface area (Å²) in [7, 11) is 0. The summed E-state index contributed by atoms with van der Waals surface area (Å²) < 4.78 is 0. The number of rotatable bonds is 3. The molecule has 0 unspecified atom stereocenters. The first-order chi connectivity index (χ1) is 6.27. The van der Waals surface area contributed by atoms with E-state index in [1.807, 2.05) is 19.9 Å². The number of hydrogen-bond acceptors (Lipinski definition) is 2. The van der Waals surface area contributed by atoms with E-state index in [1.54, 1.807) is 12.4 Å². The third kappa shape index (κ3) is 2.43. The molecule has 0 aliphatic rings. The maximum atomic E-state index is 11.5. The fourth-order valence-electron chi connectivity index (χ4n) is 1.03. The van der Waals surface area contributed by atoms with E-state index in [2.05, 4.69) is 15.5 Å². The highest BCUT2D eigenvalue weighted by Crippen LogP contribution is 2.06. The van der Waals surface area contributed by atoms with Crippen LogP contribution >= 0.6 is 0 Å². The van der Waals surface area contributed by atoms with Gasteiger partial charge in [-0.15, -0.1) is 0 Å². The molecule has 1 amide bonds. The number of aromatic amines is 1. The number of hydrogen-bond donors (Lipinski definition) is 2. The molecule has 4 heteroatoms. The lowest BCUT2D eigenvalue weighted by atomic mass is 10.2. The van der Waals surface area contributed by atoms with Crippen LogP contribution in [0.3, 0.4) is 0 Å². The summed E-state index contributed by atoms with van der Waals surface area (Å²) in [6.45, 7) is 3.80. The average molecular weight is 179 g/mol. The van der Waals surface area contributed by atoms with Gasteiger partial charge in [0.05, 0.1) is 11.9 Å². The Kier molecular flexibility index (Phi) is 3.25. The summed E-state index contributed by atoms with van der Waals surface area (Å²) in [5.41, 5.74) is 1.47. The van der Waals surface area contributed by atoms with Crippen LogP contribution < -0.4 is 5.32 Å². The van der Waals surface area contributed by atoms with Gasteiger partial charge in [-0.05, 0) is 13.3 Å². The second kappa shape index (κ2) is 4.45. The van der Waals surface area contributed by atoms with Gasteiger partial charge in [0, 0.05) is 11.8 Å². The monoisotopic (exact) mass is 179 g/mol. The van der Waals surface area contributed by atoms with Crippen LogP contribution in [0, 0.1) is 0 Å². The van der Waals surface area contributed by atoms with E-state index in [1.165, 1.54) is 0 Å². The number of aromatic nitrogens is 2. The molecule has 0 spiro atoms.